The first-order chi connectivity index (χ1) is 8.68. The lowest BCUT2D eigenvalue weighted by atomic mass is 10.2. The van der Waals surface area contributed by atoms with E-state index in [0.29, 0.717) is 5.82 Å². The Bertz CT molecular complexity index is 570. The lowest BCUT2D eigenvalue weighted by Gasteiger charge is -2.18. The molecule has 0 aliphatic rings. The Hall–Kier alpha value is -1.88. The van der Waals surface area contributed by atoms with Crippen molar-refractivity contribution >= 4 is 17.4 Å². The molecule has 18 heavy (non-hydrogen) atoms. The van der Waals surface area contributed by atoms with Gasteiger partial charge in [-0.1, -0.05) is 11.6 Å². The van der Waals surface area contributed by atoms with Gasteiger partial charge in [-0.15, -0.1) is 0 Å². The molecule has 5 nitrogen and oxygen atoms in total. The lowest BCUT2D eigenvalue weighted by molar-refractivity contribution is 0.852. The van der Waals surface area contributed by atoms with E-state index in [1.54, 1.807) is 12.4 Å². The van der Waals surface area contributed by atoms with Crippen LogP contribution in [0.15, 0.2) is 35.6 Å². The lowest BCUT2D eigenvalue weighted by Crippen LogP contribution is -2.24. The average Bonchev–Trinajstić information content (AvgIpc) is 2.40. The SMILES string of the molecule is CN(CCc1ccncc1)c1nc[nH]c(=O)c1Cl. The summed E-state index contributed by atoms with van der Waals surface area (Å²) in [5, 5.41) is 0.120. The average molecular weight is 265 g/mol. The molecule has 0 spiro atoms. The third-order valence-corrected chi connectivity index (χ3v) is 2.97. The first kappa shape index (κ1) is 12.6. The van der Waals surface area contributed by atoms with Crippen LogP contribution in [-0.4, -0.2) is 28.5 Å². The minimum atomic E-state index is -0.322. The third kappa shape index (κ3) is 2.87. The van der Waals surface area contributed by atoms with Gasteiger partial charge in [0.1, 0.15) is 5.02 Å². The number of likely N-dealkylation sites (N-methyl/N-ethyl adjacent to an activating group) is 1. The van der Waals surface area contributed by atoms with Crippen molar-refractivity contribution in [3.63, 3.8) is 0 Å². The third-order valence-electron chi connectivity index (χ3n) is 2.62. The van der Waals surface area contributed by atoms with Gasteiger partial charge in [0.05, 0.1) is 6.33 Å². The molecule has 6 heteroatoms. The number of H-pyrrole nitrogens is 1. The van der Waals surface area contributed by atoms with E-state index in [1.165, 1.54) is 11.9 Å². The minimum absolute atomic E-state index is 0.120. The van der Waals surface area contributed by atoms with Crippen LogP contribution in [0.2, 0.25) is 5.02 Å². The van der Waals surface area contributed by atoms with Crippen molar-refractivity contribution < 1.29 is 0 Å². The monoisotopic (exact) mass is 264 g/mol. The molecule has 0 saturated carbocycles. The molecule has 94 valence electrons. The van der Waals surface area contributed by atoms with Crippen LogP contribution in [0.4, 0.5) is 5.82 Å². The van der Waals surface area contributed by atoms with E-state index in [-0.39, 0.29) is 10.6 Å². The Labute approximate surface area is 109 Å². The maximum atomic E-state index is 11.4. The summed E-state index contributed by atoms with van der Waals surface area (Å²) in [6, 6.07) is 3.92. The molecule has 0 aliphatic heterocycles. The molecule has 0 radical (unpaired) electrons. The number of aromatic amines is 1. The van der Waals surface area contributed by atoms with Gasteiger partial charge in [0.2, 0.25) is 0 Å². The highest BCUT2D eigenvalue weighted by Crippen LogP contribution is 2.16. The molecular formula is C12H13ClN4O. The number of anilines is 1. The highest BCUT2D eigenvalue weighted by molar-refractivity contribution is 6.32. The number of halogens is 1. The predicted octanol–water partition coefficient (Wildman–Crippen LogP) is 1.50. The Morgan fingerprint density at radius 2 is 2.11 bits per heavy atom. The van der Waals surface area contributed by atoms with Crippen molar-refractivity contribution in [1.29, 1.82) is 0 Å². The molecule has 0 amide bonds. The number of rotatable bonds is 4. The highest BCUT2D eigenvalue weighted by Gasteiger charge is 2.10. The van der Waals surface area contributed by atoms with Crippen LogP contribution < -0.4 is 10.5 Å². The first-order valence-electron chi connectivity index (χ1n) is 5.51. The van der Waals surface area contributed by atoms with Gasteiger partial charge in [0, 0.05) is 26.0 Å². The molecule has 2 heterocycles. The Morgan fingerprint density at radius 3 is 2.83 bits per heavy atom. The predicted molar refractivity (Wildman–Crippen MR) is 71.1 cm³/mol. The maximum absolute atomic E-state index is 11.4. The fraction of sp³-hybridized carbons (Fsp3) is 0.250. The second-order valence-electron chi connectivity index (χ2n) is 3.90. The summed E-state index contributed by atoms with van der Waals surface area (Å²) in [5.41, 5.74) is 0.857. The maximum Gasteiger partial charge on any atom is 0.271 e. The zero-order chi connectivity index (χ0) is 13.0. The first-order valence-corrected chi connectivity index (χ1v) is 5.89. The van der Waals surface area contributed by atoms with Gasteiger partial charge in [0.25, 0.3) is 5.56 Å². The second kappa shape index (κ2) is 5.64. The Morgan fingerprint density at radius 1 is 1.39 bits per heavy atom. The molecule has 0 aromatic carbocycles. The number of nitrogens with zero attached hydrogens (tertiary/aromatic N) is 3. The van der Waals surface area contributed by atoms with Gasteiger partial charge < -0.3 is 9.88 Å². The van der Waals surface area contributed by atoms with Crippen LogP contribution >= 0.6 is 11.6 Å². The quantitative estimate of drug-likeness (QED) is 0.909. The van der Waals surface area contributed by atoms with Crippen molar-refractivity contribution in [3.05, 3.63) is 51.8 Å². The Kier molecular flexibility index (Phi) is 3.94. The molecule has 0 atom stereocenters. The standard InChI is InChI=1S/C12H13ClN4O/c1-17(7-4-9-2-5-14-6-3-9)11-10(13)12(18)16-8-15-11/h2-3,5-6,8H,4,7H2,1H3,(H,15,16,18). The van der Waals surface area contributed by atoms with Crippen molar-refractivity contribution in [2.75, 3.05) is 18.5 Å². The summed E-state index contributed by atoms with van der Waals surface area (Å²) in [6.45, 7) is 0.722. The number of aromatic nitrogens is 3. The van der Waals surface area contributed by atoms with Crippen molar-refractivity contribution in [1.82, 2.24) is 15.0 Å². The van der Waals surface area contributed by atoms with Crippen LogP contribution in [0.25, 0.3) is 0 Å². The van der Waals surface area contributed by atoms with Crippen molar-refractivity contribution in [2.24, 2.45) is 0 Å². The molecule has 0 unspecified atom stereocenters. The molecule has 0 bridgehead atoms. The second-order valence-corrected chi connectivity index (χ2v) is 4.27. The largest absolute Gasteiger partial charge is 0.358 e. The van der Waals surface area contributed by atoms with Crippen LogP contribution in [0.3, 0.4) is 0 Å². The van der Waals surface area contributed by atoms with Crippen LogP contribution in [0.1, 0.15) is 5.56 Å². The molecule has 2 aromatic rings. The molecule has 2 aromatic heterocycles. The van der Waals surface area contributed by atoms with Gasteiger partial charge in [0.15, 0.2) is 5.82 Å². The summed E-state index contributed by atoms with van der Waals surface area (Å²) in [4.78, 5) is 23.7. The molecule has 1 N–H and O–H groups in total. The van der Waals surface area contributed by atoms with E-state index in [0.717, 1.165) is 13.0 Å². The Balaban J connectivity index is 2.06. The zero-order valence-electron chi connectivity index (χ0n) is 9.93. The van der Waals surface area contributed by atoms with Crippen molar-refractivity contribution in [3.8, 4) is 0 Å². The molecule has 0 fully saturated rings. The van der Waals surface area contributed by atoms with E-state index in [4.69, 9.17) is 11.6 Å². The fourth-order valence-corrected chi connectivity index (χ4v) is 1.84. The molecule has 2 rings (SSSR count). The fourth-order valence-electron chi connectivity index (χ4n) is 1.59. The highest BCUT2D eigenvalue weighted by atomic mass is 35.5. The van der Waals surface area contributed by atoms with E-state index in [1.807, 2.05) is 24.1 Å². The number of hydrogen-bond donors (Lipinski definition) is 1. The van der Waals surface area contributed by atoms with Crippen LogP contribution in [0, 0.1) is 0 Å². The van der Waals surface area contributed by atoms with Gasteiger partial charge in [-0.3, -0.25) is 9.78 Å². The molecular weight excluding hydrogens is 252 g/mol. The van der Waals surface area contributed by atoms with Gasteiger partial charge in [-0.2, -0.15) is 0 Å². The molecule has 0 saturated heterocycles. The summed E-state index contributed by atoms with van der Waals surface area (Å²) in [6.07, 6.45) is 5.71. The van der Waals surface area contributed by atoms with Gasteiger partial charge in [-0.25, -0.2) is 4.98 Å². The van der Waals surface area contributed by atoms with Gasteiger partial charge in [-0.05, 0) is 24.1 Å². The normalized spacial score (nSPS) is 10.3. The van der Waals surface area contributed by atoms with E-state index < -0.39 is 0 Å². The summed E-state index contributed by atoms with van der Waals surface area (Å²) in [7, 11) is 1.86. The van der Waals surface area contributed by atoms with E-state index >= 15 is 0 Å². The van der Waals surface area contributed by atoms with Crippen LogP contribution in [0.5, 0.6) is 0 Å². The number of hydrogen-bond acceptors (Lipinski definition) is 4. The number of pyridine rings is 1. The number of nitrogens with one attached hydrogen (secondary N) is 1. The van der Waals surface area contributed by atoms with Crippen LogP contribution in [-0.2, 0) is 6.42 Å². The molecule has 0 aliphatic carbocycles. The summed E-state index contributed by atoms with van der Waals surface area (Å²) in [5.74, 6) is 0.495. The zero-order valence-corrected chi connectivity index (χ0v) is 10.7. The minimum Gasteiger partial charge on any atom is -0.358 e. The van der Waals surface area contributed by atoms with E-state index in [9.17, 15) is 4.79 Å². The smallest absolute Gasteiger partial charge is 0.271 e. The summed E-state index contributed by atoms with van der Waals surface area (Å²) < 4.78 is 0. The summed E-state index contributed by atoms with van der Waals surface area (Å²) >= 11 is 5.91. The topological polar surface area (TPSA) is 61.9 Å². The van der Waals surface area contributed by atoms with Gasteiger partial charge >= 0.3 is 0 Å². The van der Waals surface area contributed by atoms with Crippen molar-refractivity contribution in [2.45, 2.75) is 6.42 Å². The van der Waals surface area contributed by atoms with E-state index in [2.05, 4.69) is 15.0 Å².